The highest BCUT2D eigenvalue weighted by atomic mass is 16.2. The Bertz CT molecular complexity index is 349. The summed E-state index contributed by atoms with van der Waals surface area (Å²) in [7, 11) is 0. The van der Waals surface area contributed by atoms with Crippen LogP contribution in [0.4, 0.5) is 0 Å². The maximum Gasteiger partial charge on any atom is 0.225 e. The van der Waals surface area contributed by atoms with Crippen LogP contribution in [0.2, 0.25) is 0 Å². The molecule has 2 rings (SSSR count). The van der Waals surface area contributed by atoms with E-state index in [0.29, 0.717) is 12.5 Å². The number of hydrogen-bond acceptors (Lipinski definition) is 3. The first kappa shape index (κ1) is 14.3. The second-order valence-electron chi connectivity index (χ2n) is 6.30. The van der Waals surface area contributed by atoms with Crippen molar-refractivity contribution in [3.05, 3.63) is 0 Å². The standard InChI is InChI=1S/C14H25N3O2/c1-9-5-11(7-12(15)6-9)14(19)17-4-2-3-10(8-17)13(16)18/h9-12H,2-8,15H2,1H3,(H2,16,18). The Balaban J connectivity index is 1.96. The molecule has 1 saturated carbocycles. The van der Waals surface area contributed by atoms with Crippen molar-refractivity contribution < 1.29 is 9.59 Å². The SMILES string of the molecule is CC1CC(N)CC(C(=O)N2CCCC(C(N)=O)C2)C1. The van der Waals surface area contributed by atoms with Crippen molar-refractivity contribution in [1.29, 1.82) is 0 Å². The highest BCUT2D eigenvalue weighted by molar-refractivity contribution is 5.81. The predicted molar refractivity (Wildman–Crippen MR) is 73.0 cm³/mol. The zero-order valence-corrected chi connectivity index (χ0v) is 11.7. The van der Waals surface area contributed by atoms with E-state index >= 15 is 0 Å². The number of carbonyl (C=O) groups excluding carboxylic acids is 2. The molecule has 2 aliphatic rings. The first-order chi connectivity index (χ1) is 8.97. The van der Waals surface area contributed by atoms with E-state index < -0.39 is 0 Å². The first-order valence-corrected chi connectivity index (χ1v) is 7.31. The molecule has 0 radical (unpaired) electrons. The van der Waals surface area contributed by atoms with E-state index in [1.807, 2.05) is 4.90 Å². The Kier molecular flexibility index (Phi) is 4.45. The molecule has 4 atom stereocenters. The van der Waals surface area contributed by atoms with E-state index in [2.05, 4.69) is 6.92 Å². The molecule has 0 aromatic rings. The van der Waals surface area contributed by atoms with Crippen LogP contribution in [-0.2, 0) is 9.59 Å². The molecule has 0 aromatic heterocycles. The second kappa shape index (κ2) is 5.90. The van der Waals surface area contributed by atoms with E-state index in [1.165, 1.54) is 0 Å². The predicted octanol–water partition coefficient (Wildman–Crippen LogP) is 0.474. The van der Waals surface area contributed by atoms with E-state index in [0.717, 1.165) is 38.6 Å². The van der Waals surface area contributed by atoms with Gasteiger partial charge in [0, 0.05) is 25.0 Å². The van der Waals surface area contributed by atoms with Crippen LogP contribution in [-0.4, -0.2) is 35.8 Å². The number of primary amides is 1. The Morgan fingerprint density at radius 2 is 1.89 bits per heavy atom. The van der Waals surface area contributed by atoms with Crippen LogP contribution in [0, 0.1) is 17.8 Å². The molecule has 19 heavy (non-hydrogen) atoms. The molecular formula is C14H25N3O2. The Morgan fingerprint density at radius 3 is 2.53 bits per heavy atom. The monoisotopic (exact) mass is 267 g/mol. The van der Waals surface area contributed by atoms with Crippen LogP contribution < -0.4 is 11.5 Å². The molecule has 5 nitrogen and oxygen atoms in total. The molecule has 1 saturated heterocycles. The number of carbonyl (C=O) groups is 2. The van der Waals surface area contributed by atoms with Crippen molar-refractivity contribution in [1.82, 2.24) is 4.90 Å². The average Bonchev–Trinajstić information content (AvgIpc) is 2.37. The summed E-state index contributed by atoms with van der Waals surface area (Å²) in [5.41, 5.74) is 11.4. The van der Waals surface area contributed by atoms with Crippen molar-refractivity contribution >= 4 is 11.8 Å². The normalized spacial score (nSPS) is 36.0. The fraction of sp³-hybridized carbons (Fsp3) is 0.857. The Hall–Kier alpha value is -1.10. The average molecular weight is 267 g/mol. The summed E-state index contributed by atoms with van der Waals surface area (Å²) in [6.45, 7) is 3.40. The summed E-state index contributed by atoms with van der Waals surface area (Å²) in [6, 6.07) is 0.134. The van der Waals surface area contributed by atoms with Crippen molar-refractivity contribution in [3.8, 4) is 0 Å². The van der Waals surface area contributed by atoms with Crippen LogP contribution in [0.3, 0.4) is 0 Å². The maximum absolute atomic E-state index is 12.5. The number of amides is 2. The number of likely N-dealkylation sites (tertiary alicyclic amines) is 1. The molecule has 1 aliphatic carbocycles. The third kappa shape index (κ3) is 3.47. The number of nitrogens with zero attached hydrogens (tertiary/aromatic N) is 1. The van der Waals surface area contributed by atoms with Gasteiger partial charge in [-0.2, -0.15) is 0 Å². The Morgan fingerprint density at radius 1 is 1.16 bits per heavy atom. The molecule has 0 bridgehead atoms. The molecule has 2 fully saturated rings. The summed E-state index contributed by atoms with van der Waals surface area (Å²) < 4.78 is 0. The van der Waals surface area contributed by atoms with E-state index in [4.69, 9.17) is 11.5 Å². The van der Waals surface area contributed by atoms with Gasteiger partial charge in [-0.05, 0) is 38.0 Å². The lowest BCUT2D eigenvalue weighted by atomic mass is 9.79. The molecule has 1 heterocycles. The fourth-order valence-corrected chi connectivity index (χ4v) is 3.53. The highest BCUT2D eigenvalue weighted by Crippen LogP contribution is 2.30. The molecule has 1 aliphatic heterocycles. The quantitative estimate of drug-likeness (QED) is 0.762. The van der Waals surface area contributed by atoms with Crippen LogP contribution in [0.25, 0.3) is 0 Å². The fourth-order valence-electron chi connectivity index (χ4n) is 3.53. The van der Waals surface area contributed by atoms with E-state index in [1.54, 1.807) is 0 Å². The second-order valence-corrected chi connectivity index (χ2v) is 6.30. The van der Waals surface area contributed by atoms with Gasteiger partial charge in [-0.1, -0.05) is 6.92 Å². The number of rotatable bonds is 2. The van der Waals surface area contributed by atoms with Crippen LogP contribution >= 0.6 is 0 Å². The number of nitrogens with two attached hydrogens (primary N) is 2. The third-order valence-corrected chi connectivity index (χ3v) is 4.46. The molecule has 0 aromatic carbocycles. The zero-order chi connectivity index (χ0) is 14.0. The largest absolute Gasteiger partial charge is 0.369 e. The van der Waals surface area contributed by atoms with E-state index in [9.17, 15) is 9.59 Å². The van der Waals surface area contributed by atoms with Gasteiger partial charge in [0.15, 0.2) is 0 Å². The molecule has 4 N–H and O–H groups in total. The summed E-state index contributed by atoms with van der Waals surface area (Å²) in [5.74, 6) is 0.256. The van der Waals surface area contributed by atoms with Gasteiger partial charge in [0.1, 0.15) is 0 Å². The number of piperidine rings is 1. The summed E-state index contributed by atoms with van der Waals surface area (Å²) >= 11 is 0. The zero-order valence-electron chi connectivity index (χ0n) is 11.7. The van der Waals surface area contributed by atoms with Gasteiger partial charge >= 0.3 is 0 Å². The minimum absolute atomic E-state index is 0.0328. The molecule has 2 amide bonds. The Labute approximate surface area is 114 Å². The molecule has 108 valence electrons. The lowest BCUT2D eigenvalue weighted by Crippen LogP contribution is -2.48. The van der Waals surface area contributed by atoms with Crippen LogP contribution in [0.15, 0.2) is 0 Å². The summed E-state index contributed by atoms with van der Waals surface area (Å²) in [4.78, 5) is 25.6. The molecule has 5 heteroatoms. The van der Waals surface area contributed by atoms with Crippen LogP contribution in [0.1, 0.15) is 39.0 Å². The topological polar surface area (TPSA) is 89.4 Å². The smallest absolute Gasteiger partial charge is 0.225 e. The van der Waals surface area contributed by atoms with Crippen molar-refractivity contribution in [2.24, 2.45) is 29.2 Å². The minimum Gasteiger partial charge on any atom is -0.369 e. The first-order valence-electron chi connectivity index (χ1n) is 7.31. The maximum atomic E-state index is 12.5. The molecule has 0 spiro atoms. The van der Waals surface area contributed by atoms with Gasteiger partial charge in [0.05, 0.1) is 5.92 Å². The lowest BCUT2D eigenvalue weighted by molar-refractivity contribution is -0.140. The minimum atomic E-state index is -0.286. The van der Waals surface area contributed by atoms with E-state index in [-0.39, 0.29) is 29.7 Å². The van der Waals surface area contributed by atoms with Gasteiger partial charge in [0.2, 0.25) is 11.8 Å². The molecule has 4 unspecified atom stereocenters. The van der Waals surface area contributed by atoms with Crippen molar-refractivity contribution in [3.63, 3.8) is 0 Å². The van der Waals surface area contributed by atoms with Gasteiger partial charge in [0.25, 0.3) is 0 Å². The van der Waals surface area contributed by atoms with Crippen molar-refractivity contribution in [2.75, 3.05) is 13.1 Å². The van der Waals surface area contributed by atoms with Gasteiger partial charge in [-0.3, -0.25) is 9.59 Å². The van der Waals surface area contributed by atoms with Gasteiger partial charge in [-0.25, -0.2) is 0 Å². The lowest BCUT2D eigenvalue weighted by Gasteiger charge is -2.37. The van der Waals surface area contributed by atoms with Crippen LogP contribution in [0.5, 0.6) is 0 Å². The molecular weight excluding hydrogens is 242 g/mol. The third-order valence-electron chi connectivity index (χ3n) is 4.46. The van der Waals surface area contributed by atoms with Crippen molar-refractivity contribution in [2.45, 2.75) is 45.1 Å². The summed E-state index contributed by atoms with van der Waals surface area (Å²) in [5, 5.41) is 0. The summed E-state index contributed by atoms with van der Waals surface area (Å²) in [6.07, 6.45) is 4.38. The van der Waals surface area contributed by atoms with Gasteiger partial charge < -0.3 is 16.4 Å². The highest BCUT2D eigenvalue weighted by Gasteiger charge is 2.34. The number of hydrogen-bond donors (Lipinski definition) is 2. The van der Waals surface area contributed by atoms with Gasteiger partial charge in [-0.15, -0.1) is 0 Å².